The first-order valence-electron chi connectivity index (χ1n) is 5.60. The SMILES string of the molecule is NCc1cccc(S(=O)(=O)NCCOCC(N)=O)c1. The van der Waals surface area contributed by atoms with Crippen LogP contribution in [-0.4, -0.2) is 34.1 Å². The highest BCUT2D eigenvalue weighted by Gasteiger charge is 2.13. The third-order valence-corrected chi connectivity index (χ3v) is 3.69. The molecule has 0 aliphatic rings. The zero-order valence-electron chi connectivity index (χ0n) is 10.3. The summed E-state index contributed by atoms with van der Waals surface area (Å²) in [6.45, 7) is 0.163. The second-order valence-corrected chi connectivity index (χ2v) is 5.54. The number of nitrogens with two attached hydrogens (primary N) is 2. The summed E-state index contributed by atoms with van der Waals surface area (Å²) in [5, 5.41) is 0. The van der Waals surface area contributed by atoms with Crippen LogP contribution in [0.5, 0.6) is 0 Å². The third-order valence-electron chi connectivity index (χ3n) is 2.23. The summed E-state index contributed by atoms with van der Waals surface area (Å²) >= 11 is 0. The van der Waals surface area contributed by atoms with Crippen molar-refractivity contribution in [2.24, 2.45) is 11.5 Å². The van der Waals surface area contributed by atoms with Gasteiger partial charge < -0.3 is 16.2 Å². The van der Waals surface area contributed by atoms with Crippen LogP contribution in [0.3, 0.4) is 0 Å². The molecular formula is C11H17N3O4S. The number of nitrogens with one attached hydrogen (secondary N) is 1. The maximum atomic E-state index is 11.9. The van der Waals surface area contributed by atoms with Crippen molar-refractivity contribution in [3.8, 4) is 0 Å². The summed E-state index contributed by atoms with van der Waals surface area (Å²) < 4.78 is 31.0. The van der Waals surface area contributed by atoms with Gasteiger partial charge in [0.05, 0.1) is 11.5 Å². The molecule has 1 rings (SSSR count). The number of amides is 1. The maximum Gasteiger partial charge on any atom is 0.243 e. The number of primary amides is 1. The molecule has 0 aliphatic heterocycles. The van der Waals surface area contributed by atoms with Crippen molar-refractivity contribution in [2.45, 2.75) is 11.4 Å². The van der Waals surface area contributed by atoms with E-state index in [-0.39, 0.29) is 31.2 Å². The summed E-state index contributed by atoms with van der Waals surface area (Å²) in [4.78, 5) is 10.5. The van der Waals surface area contributed by atoms with Crippen LogP contribution in [0, 0.1) is 0 Å². The monoisotopic (exact) mass is 287 g/mol. The number of ether oxygens (including phenoxy) is 1. The molecule has 0 bridgehead atoms. The Hall–Kier alpha value is -1.48. The number of carbonyl (C=O) groups is 1. The highest BCUT2D eigenvalue weighted by atomic mass is 32.2. The van der Waals surface area contributed by atoms with Gasteiger partial charge in [0.25, 0.3) is 0 Å². The molecule has 0 aliphatic carbocycles. The van der Waals surface area contributed by atoms with Crippen molar-refractivity contribution in [3.63, 3.8) is 0 Å². The summed E-state index contributed by atoms with van der Waals surface area (Å²) in [6, 6.07) is 6.35. The lowest BCUT2D eigenvalue weighted by Crippen LogP contribution is -2.29. The number of sulfonamides is 1. The Morgan fingerprint density at radius 3 is 2.74 bits per heavy atom. The molecule has 1 aromatic carbocycles. The van der Waals surface area contributed by atoms with Crippen LogP contribution in [-0.2, 0) is 26.1 Å². The number of benzene rings is 1. The topological polar surface area (TPSA) is 125 Å². The van der Waals surface area contributed by atoms with E-state index < -0.39 is 15.9 Å². The van der Waals surface area contributed by atoms with E-state index in [1.54, 1.807) is 12.1 Å². The molecule has 19 heavy (non-hydrogen) atoms. The van der Waals surface area contributed by atoms with Gasteiger partial charge in [0.1, 0.15) is 6.61 Å². The van der Waals surface area contributed by atoms with Gasteiger partial charge in [-0.3, -0.25) is 4.79 Å². The lowest BCUT2D eigenvalue weighted by atomic mass is 10.2. The molecule has 0 radical (unpaired) electrons. The Labute approximate surface area is 112 Å². The summed E-state index contributed by atoms with van der Waals surface area (Å²) in [5.74, 6) is -0.599. The van der Waals surface area contributed by atoms with Crippen molar-refractivity contribution in [2.75, 3.05) is 19.8 Å². The molecule has 7 nitrogen and oxygen atoms in total. The average molecular weight is 287 g/mol. The normalized spacial score (nSPS) is 11.4. The zero-order chi connectivity index (χ0) is 14.3. The first-order valence-corrected chi connectivity index (χ1v) is 7.09. The van der Waals surface area contributed by atoms with Gasteiger partial charge in [-0.2, -0.15) is 0 Å². The van der Waals surface area contributed by atoms with Crippen LogP contribution in [0.15, 0.2) is 29.2 Å². The van der Waals surface area contributed by atoms with E-state index in [2.05, 4.69) is 4.72 Å². The van der Waals surface area contributed by atoms with Crippen LogP contribution >= 0.6 is 0 Å². The van der Waals surface area contributed by atoms with Gasteiger partial charge in [-0.05, 0) is 17.7 Å². The Kier molecular flexibility index (Phi) is 5.90. The molecule has 8 heteroatoms. The second-order valence-electron chi connectivity index (χ2n) is 3.77. The van der Waals surface area contributed by atoms with E-state index >= 15 is 0 Å². The largest absolute Gasteiger partial charge is 0.370 e. The minimum absolute atomic E-state index is 0.0580. The van der Waals surface area contributed by atoms with Crippen molar-refractivity contribution in [3.05, 3.63) is 29.8 Å². The standard InChI is InChI=1S/C11H17N3O4S/c12-7-9-2-1-3-10(6-9)19(16,17)14-4-5-18-8-11(13)15/h1-3,6,14H,4-5,7-8,12H2,(H2,13,15). The van der Waals surface area contributed by atoms with Gasteiger partial charge in [0.2, 0.25) is 15.9 Å². The van der Waals surface area contributed by atoms with E-state index in [4.69, 9.17) is 16.2 Å². The van der Waals surface area contributed by atoms with Crippen LogP contribution in [0.4, 0.5) is 0 Å². The molecule has 1 amide bonds. The third kappa shape index (κ3) is 5.35. The van der Waals surface area contributed by atoms with E-state index in [9.17, 15) is 13.2 Å². The smallest absolute Gasteiger partial charge is 0.243 e. The average Bonchev–Trinajstić information content (AvgIpc) is 2.38. The van der Waals surface area contributed by atoms with Gasteiger partial charge in [0, 0.05) is 13.1 Å². The fourth-order valence-corrected chi connectivity index (χ4v) is 2.43. The number of hydrogen-bond acceptors (Lipinski definition) is 5. The lowest BCUT2D eigenvalue weighted by Gasteiger charge is -2.08. The predicted octanol–water partition coefficient (Wildman–Crippen LogP) is -1.07. The molecule has 5 N–H and O–H groups in total. The van der Waals surface area contributed by atoms with Crippen molar-refractivity contribution >= 4 is 15.9 Å². The fourth-order valence-electron chi connectivity index (χ4n) is 1.34. The molecular weight excluding hydrogens is 270 g/mol. The Morgan fingerprint density at radius 1 is 1.37 bits per heavy atom. The van der Waals surface area contributed by atoms with Crippen LogP contribution < -0.4 is 16.2 Å². The van der Waals surface area contributed by atoms with E-state index in [0.717, 1.165) is 5.56 Å². The molecule has 0 saturated heterocycles. The van der Waals surface area contributed by atoms with Gasteiger partial charge in [-0.25, -0.2) is 13.1 Å². The van der Waals surface area contributed by atoms with Crippen molar-refractivity contribution in [1.82, 2.24) is 4.72 Å². The maximum absolute atomic E-state index is 11.9. The first kappa shape index (κ1) is 15.6. The quantitative estimate of drug-likeness (QED) is 0.525. The molecule has 0 heterocycles. The Morgan fingerprint density at radius 2 is 2.11 bits per heavy atom. The molecule has 0 unspecified atom stereocenters. The highest BCUT2D eigenvalue weighted by molar-refractivity contribution is 7.89. The number of rotatable bonds is 8. The molecule has 1 aromatic rings. The van der Waals surface area contributed by atoms with Crippen LogP contribution in [0.25, 0.3) is 0 Å². The van der Waals surface area contributed by atoms with Crippen LogP contribution in [0.2, 0.25) is 0 Å². The summed E-state index contributed by atoms with van der Waals surface area (Å²) in [5.41, 5.74) is 11.0. The molecule has 0 atom stereocenters. The molecule has 0 aromatic heterocycles. The van der Waals surface area contributed by atoms with Gasteiger partial charge >= 0.3 is 0 Å². The van der Waals surface area contributed by atoms with E-state index in [1.165, 1.54) is 12.1 Å². The van der Waals surface area contributed by atoms with Crippen molar-refractivity contribution < 1.29 is 17.9 Å². The molecule has 106 valence electrons. The second kappa shape index (κ2) is 7.19. The minimum atomic E-state index is -3.60. The lowest BCUT2D eigenvalue weighted by molar-refractivity contribution is -0.122. The highest BCUT2D eigenvalue weighted by Crippen LogP contribution is 2.10. The predicted molar refractivity (Wildman–Crippen MR) is 69.5 cm³/mol. The summed E-state index contributed by atoms with van der Waals surface area (Å²) in [6.07, 6.45) is 0. The molecule has 0 fully saturated rings. The van der Waals surface area contributed by atoms with E-state index in [0.29, 0.717) is 0 Å². The summed E-state index contributed by atoms with van der Waals surface area (Å²) in [7, 11) is -3.60. The van der Waals surface area contributed by atoms with E-state index in [1.807, 2.05) is 0 Å². The Balaban J connectivity index is 2.53. The molecule has 0 spiro atoms. The number of hydrogen-bond donors (Lipinski definition) is 3. The minimum Gasteiger partial charge on any atom is -0.370 e. The van der Waals surface area contributed by atoms with Crippen molar-refractivity contribution in [1.29, 1.82) is 0 Å². The van der Waals surface area contributed by atoms with Gasteiger partial charge in [0.15, 0.2) is 0 Å². The van der Waals surface area contributed by atoms with Gasteiger partial charge in [-0.15, -0.1) is 0 Å². The first-order chi connectivity index (χ1) is 8.95. The van der Waals surface area contributed by atoms with Gasteiger partial charge in [-0.1, -0.05) is 12.1 Å². The van der Waals surface area contributed by atoms with Crippen LogP contribution in [0.1, 0.15) is 5.56 Å². The zero-order valence-corrected chi connectivity index (χ0v) is 11.2. The number of carbonyl (C=O) groups excluding carboxylic acids is 1. The fraction of sp³-hybridized carbons (Fsp3) is 0.364. The molecule has 0 saturated carbocycles. The Bertz CT molecular complexity index is 530.